The van der Waals surface area contributed by atoms with Crippen LogP contribution in [0.15, 0.2) is 42.5 Å². The highest BCUT2D eigenvalue weighted by molar-refractivity contribution is 5.95. The Labute approximate surface area is 163 Å². The Hall–Kier alpha value is -3.86. The molecule has 0 saturated heterocycles. The van der Waals surface area contributed by atoms with Crippen LogP contribution in [0, 0.1) is 11.8 Å². The van der Waals surface area contributed by atoms with E-state index in [1.807, 2.05) is 0 Å². The minimum absolute atomic E-state index is 0.0529. The van der Waals surface area contributed by atoms with E-state index in [9.17, 15) is 9.59 Å². The third-order valence-corrected chi connectivity index (χ3v) is 3.57. The fraction of sp³-hybridized carbons (Fsp3) is 0.200. The molecule has 8 nitrogen and oxygen atoms in total. The van der Waals surface area contributed by atoms with Crippen LogP contribution in [0.2, 0.25) is 0 Å². The van der Waals surface area contributed by atoms with Crippen molar-refractivity contribution in [2.24, 2.45) is 5.73 Å². The molecule has 0 aliphatic heterocycles. The van der Waals surface area contributed by atoms with Gasteiger partial charge < -0.3 is 30.6 Å². The first-order valence-corrected chi connectivity index (χ1v) is 8.30. The lowest BCUT2D eigenvalue weighted by Gasteiger charge is -2.13. The van der Waals surface area contributed by atoms with E-state index in [0.29, 0.717) is 22.9 Å². The summed E-state index contributed by atoms with van der Waals surface area (Å²) >= 11 is 0. The molecule has 0 aromatic heterocycles. The third kappa shape index (κ3) is 5.57. The van der Waals surface area contributed by atoms with E-state index in [0.717, 1.165) is 0 Å². The second-order valence-corrected chi connectivity index (χ2v) is 5.35. The number of nitrogens with one attached hydrogen (secondary N) is 2. The molecule has 28 heavy (non-hydrogen) atoms. The first kappa shape index (κ1) is 20.5. The molecule has 0 atom stereocenters. The highest BCUT2D eigenvalue weighted by Crippen LogP contribution is 2.34. The van der Waals surface area contributed by atoms with E-state index < -0.39 is 11.9 Å². The van der Waals surface area contributed by atoms with E-state index in [1.54, 1.807) is 42.5 Å². The Morgan fingerprint density at radius 3 is 2.46 bits per heavy atom. The predicted octanol–water partition coefficient (Wildman–Crippen LogP) is 2.01. The predicted molar refractivity (Wildman–Crippen MR) is 105 cm³/mol. The smallest absolute Gasteiger partial charge is 0.320 e. The molecule has 0 spiro atoms. The first-order valence-electron chi connectivity index (χ1n) is 8.30. The van der Waals surface area contributed by atoms with Gasteiger partial charge in [-0.2, -0.15) is 0 Å². The second kappa shape index (κ2) is 10.3. The maximum atomic E-state index is 12.0. The average Bonchev–Trinajstić information content (AvgIpc) is 2.70. The summed E-state index contributed by atoms with van der Waals surface area (Å²) in [7, 11) is 3.00. The fourth-order valence-electron chi connectivity index (χ4n) is 2.30. The highest BCUT2D eigenvalue weighted by atomic mass is 16.5. The molecule has 0 fully saturated rings. The Morgan fingerprint density at radius 1 is 1.00 bits per heavy atom. The van der Waals surface area contributed by atoms with Crippen molar-refractivity contribution < 1.29 is 23.8 Å². The summed E-state index contributed by atoms with van der Waals surface area (Å²) in [5.74, 6) is 6.22. The van der Waals surface area contributed by atoms with Crippen molar-refractivity contribution in [1.29, 1.82) is 0 Å². The van der Waals surface area contributed by atoms with Gasteiger partial charge in [0.25, 0.3) is 5.91 Å². The quantitative estimate of drug-likeness (QED) is 0.633. The van der Waals surface area contributed by atoms with E-state index >= 15 is 0 Å². The molecule has 0 aliphatic rings. The molecule has 0 aliphatic carbocycles. The van der Waals surface area contributed by atoms with Gasteiger partial charge in [0, 0.05) is 0 Å². The number of methoxy groups -OCH3 is 2. The molecular weight excluding hydrogens is 362 g/mol. The maximum absolute atomic E-state index is 12.0. The standard InChI is InChI=1S/C20H21N3O5/c1-26-17-11-7-9-15(18(17)27-2)23-20(25)22-12-5-6-13-28-16-10-4-3-8-14(16)19(21)24/h3-4,7-11H,12-13H2,1-2H3,(H2,21,24)(H2,22,23,25). The number of amides is 3. The lowest BCUT2D eigenvalue weighted by molar-refractivity contribution is 0.0997. The number of primary amides is 1. The Morgan fingerprint density at radius 2 is 1.75 bits per heavy atom. The van der Waals surface area contributed by atoms with E-state index in [-0.39, 0.29) is 18.7 Å². The zero-order valence-corrected chi connectivity index (χ0v) is 15.6. The van der Waals surface area contributed by atoms with Crippen LogP contribution < -0.4 is 30.6 Å². The topological polar surface area (TPSA) is 112 Å². The number of nitrogens with two attached hydrogens (primary N) is 1. The van der Waals surface area contributed by atoms with E-state index in [4.69, 9.17) is 19.9 Å². The summed E-state index contributed by atoms with van der Waals surface area (Å²) in [4.78, 5) is 23.3. The van der Waals surface area contributed by atoms with Crippen molar-refractivity contribution in [2.45, 2.75) is 0 Å². The molecular formula is C20H21N3O5. The molecule has 4 N–H and O–H groups in total. The number of hydrogen-bond donors (Lipinski definition) is 3. The van der Waals surface area contributed by atoms with Crippen LogP contribution in [0.25, 0.3) is 0 Å². The molecule has 0 unspecified atom stereocenters. The summed E-state index contributed by atoms with van der Waals surface area (Å²) in [6.07, 6.45) is 0. The molecule has 2 rings (SSSR count). The van der Waals surface area contributed by atoms with Crippen molar-refractivity contribution in [3.8, 4) is 29.1 Å². The van der Waals surface area contributed by atoms with Gasteiger partial charge in [-0.05, 0) is 24.3 Å². The molecule has 0 saturated carbocycles. The van der Waals surface area contributed by atoms with Gasteiger partial charge in [-0.15, -0.1) is 0 Å². The van der Waals surface area contributed by atoms with Gasteiger partial charge in [-0.3, -0.25) is 4.79 Å². The molecule has 8 heteroatoms. The maximum Gasteiger partial charge on any atom is 0.320 e. The summed E-state index contributed by atoms with van der Waals surface area (Å²) in [5, 5.41) is 5.27. The van der Waals surface area contributed by atoms with Gasteiger partial charge in [0.05, 0.1) is 32.0 Å². The molecule has 2 aromatic rings. The number of ether oxygens (including phenoxy) is 3. The largest absolute Gasteiger partial charge is 0.493 e. The second-order valence-electron chi connectivity index (χ2n) is 5.35. The van der Waals surface area contributed by atoms with Crippen LogP contribution in [0.5, 0.6) is 17.2 Å². The number of carbonyl (C=O) groups excluding carboxylic acids is 2. The minimum Gasteiger partial charge on any atom is -0.493 e. The lowest BCUT2D eigenvalue weighted by atomic mass is 10.2. The normalized spacial score (nSPS) is 9.50. The van der Waals surface area contributed by atoms with Gasteiger partial charge in [-0.1, -0.05) is 30.0 Å². The SMILES string of the molecule is COc1cccc(NC(=O)NCC#CCOc2ccccc2C(N)=O)c1OC. The van der Waals surface area contributed by atoms with Crippen molar-refractivity contribution in [2.75, 3.05) is 32.7 Å². The number of para-hydroxylation sites is 2. The highest BCUT2D eigenvalue weighted by Gasteiger charge is 2.11. The molecule has 0 heterocycles. The van der Waals surface area contributed by atoms with Crippen LogP contribution in [0.4, 0.5) is 10.5 Å². The number of urea groups is 1. The van der Waals surface area contributed by atoms with E-state index in [2.05, 4.69) is 22.5 Å². The summed E-state index contributed by atoms with van der Waals surface area (Å²) in [6.45, 7) is 0.163. The van der Waals surface area contributed by atoms with Crippen LogP contribution in [0.1, 0.15) is 10.4 Å². The zero-order chi connectivity index (χ0) is 20.4. The van der Waals surface area contributed by atoms with Crippen molar-refractivity contribution in [3.63, 3.8) is 0 Å². The van der Waals surface area contributed by atoms with Crippen molar-refractivity contribution in [3.05, 3.63) is 48.0 Å². The number of benzene rings is 2. The average molecular weight is 383 g/mol. The number of carbonyl (C=O) groups is 2. The summed E-state index contributed by atoms with van der Waals surface area (Å²) in [6, 6.07) is 11.3. The minimum atomic E-state index is -0.574. The molecule has 2 aromatic carbocycles. The Kier molecular flexibility index (Phi) is 7.54. The fourth-order valence-corrected chi connectivity index (χ4v) is 2.30. The van der Waals surface area contributed by atoms with Gasteiger partial charge >= 0.3 is 6.03 Å². The number of rotatable bonds is 7. The molecule has 0 radical (unpaired) electrons. The molecule has 3 amide bonds. The van der Waals surface area contributed by atoms with E-state index in [1.165, 1.54) is 14.2 Å². The number of hydrogen-bond acceptors (Lipinski definition) is 5. The Balaban J connectivity index is 1.82. The van der Waals surface area contributed by atoms with Gasteiger partial charge in [-0.25, -0.2) is 4.79 Å². The van der Waals surface area contributed by atoms with Crippen molar-refractivity contribution >= 4 is 17.6 Å². The van der Waals surface area contributed by atoms with Crippen LogP contribution in [0.3, 0.4) is 0 Å². The van der Waals surface area contributed by atoms with Crippen LogP contribution in [-0.2, 0) is 0 Å². The molecule has 0 bridgehead atoms. The Bertz CT molecular complexity index is 902. The summed E-state index contributed by atoms with van der Waals surface area (Å²) < 4.78 is 15.9. The van der Waals surface area contributed by atoms with Crippen molar-refractivity contribution in [1.82, 2.24) is 5.32 Å². The lowest BCUT2D eigenvalue weighted by Crippen LogP contribution is -2.29. The van der Waals surface area contributed by atoms with Gasteiger partial charge in [0.2, 0.25) is 0 Å². The summed E-state index contributed by atoms with van der Waals surface area (Å²) in [5.41, 5.74) is 6.03. The number of anilines is 1. The van der Waals surface area contributed by atoms with Crippen LogP contribution >= 0.6 is 0 Å². The zero-order valence-electron chi connectivity index (χ0n) is 15.6. The third-order valence-electron chi connectivity index (χ3n) is 3.57. The van der Waals surface area contributed by atoms with Crippen LogP contribution in [-0.4, -0.2) is 39.3 Å². The first-order chi connectivity index (χ1) is 13.6. The monoisotopic (exact) mass is 383 g/mol. The molecule has 146 valence electrons. The van der Waals surface area contributed by atoms with Gasteiger partial charge in [0.15, 0.2) is 11.5 Å². The van der Waals surface area contributed by atoms with Gasteiger partial charge in [0.1, 0.15) is 12.4 Å².